The molecule has 5 heteroatoms. The zero-order chi connectivity index (χ0) is 14.8. The van der Waals surface area contributed by atoms with Crippen LogP contribution in [0.4, 0.5) is 5.69 Å². The lowest BCUT2D eigenvalue weighted by molar-refractivity contribution is 0.112. The highest BCUT2D eigenvalue weighted by atomic mass is 16.5. The van der Waals surface area contributed by atoms with Crippen LogP contribution in [0.3, 0.4) is 0 Å². The first kappa shape index (κ1) is 16.2. The van der Waals surface area contributed by atoms with E-state index in [0.29, 0.717) is 30.9 Å². The third-order valence-electron chi connectivity index (χ3n) is 2.96. The summed E-state index contributed by atoms with van der Waals surface area (Å²) < 4.78 is 10.2. The average molecular weight is 276 g/mol. The molecule has 0 amide bonds. The molecule has 1 aromatic rings. The van der Waals surface area contributed by atoms with Gasteiger partial charge in [0.15, 0.2) is 0 Å². The first-order valence-electron chi connectivity index (χ1n) is 6.49. The Morgan fingerprint density at radius 1 is 1.25 bits per heavy atom. The maximum Gasteiger partial charge on any atom is 0.150 e. The van der Waals surface area contributed by atoms with E-state index in [1.54, 1.807) is 26.4 Å². The topological polar surface area (TPSA) is 62.6 Å². The van der Waals surface area contributed by atoms with E-state index in [1.165, 1.54) is 0 Å². The zero-order valence-corrected chi connectivity index (χ0v) is 12.0. The van der Waals surface area contributed by atoms with Crippen molar-refractivity contribution in [2.75, 3.05) is 45.4 Å². The second-order valence-corrected chi connectivity index (χ2v) is 4.33. The predicted molar refractivity (Wildman–Crippen MR) is 77.1 cm³/mol. The summed E-state index contributed by atoms with van der Waals surface area (Å²) in [6.07, 6.45) is 1.61. The lowest BCUT2D eigenvalue weighted by atomic mass is 10.1. The summed E-state index contributed by atoms with van der Waals surface area (Å²) in [6.45, 7) is 2.70. The zero-order valence-electron chi connectivity index (χ0n) is 12.0. The number of carbonyl (C=O) groups is 1. The molecule has 108 valence electrons. The minimum Gasteiger partial charge on any atom is -0.385 e. The van der Waals surface area contributed by atoms with Crippen molar-refractivity contribution in [1.29, 1.82) is 5.26 Å². The molecule has 5 nitrogen and oxygen atoms in total. The SMILES string of the molecule is COCCCN(CCOC)c1ccc(C=O)cc1C#N. The van der Waals surface area contributed by atoms with Gasteiger partial charge in [-0.1, -0.05) is 0 Å². The fourth-order valence-corrected chi connectivity index (χ4v) is 1.95. The van der Waals surface area contributed by atoms with E-state index < -0.39 is 0 Å². The lowest BCUT2D eigenvalue weighted by Crippen LogP contribution is -2.29. The van der Waals surface area contributed by atoms with Crippen LogP contribution in [0.15, 0.2) is 18.2 Å². The molecule has 0 atom stereocenters. The second kappa shape index (κ2) is 9.08. The Hall–Kier alpha value is -1.90. The van der Waals surface area contributed by atoms with Crippen LogP contribution in [0.2, 0.25) is 0 Å². The Balaban J connectivity index is 2.93. The molecule has 0 N–H and O–H groups in total. The number of carbonyl (C=O) groups excluding carboxylic acids is 1. The van der Waals surface area contributed by atoms with Gasteiger partial charge < -0.3 is 14.4 Å². The van der Waals surface area contributed by atoms with E-state index in [4.69, 9.17) is 9.47 Å². The Morgan fingerprint density at radius 3 is 2.60 bits per heavy atom. The molecule has 0 saturated heterocycles. The summed E-state index contributed by atoms with van der Waals surface area (Å²) in [5.74, 6) is 0. The van der Waals surface area contributed by atoms with Crippen LogP contribution in [-0.2, 0) is 9.47 Å². The van der Waals surface area contributed by atoms with E-state index in [-0.39, 0.29) is 0 Å². The summed E-state index contributed by atoms with van der Waals surface area (Å²) in [6, 6.07) is 7.29. The maximum atomic E-state index is 10.8. The predicted octanol–water partition coefficient (Wildman–Crippen LogP) is 1.86. The van der Waals surface area contributed by atoms with Crippen molar-refractivity contribution in [1.82, 2.24) is 0 Å². The van der Waals surface area contributed by atoms with Crippen LogP contribution >= 0.6 is 0 Å². The fraction of sp³-hybridized carbons (Fsp3) is 0.467. The third-order valence-corrected chi connectivity index (χ3v) is 2.96. The van der Waals surface area contributed by atoms with Crippen molar-refractivity contribution in [3.8, 4) is 6.07 Å². The van der Waals surface area contributed by atoms with Crippen molar-refractivity contribution < 1.29 is 14.3 Å². The minimum atomic E-state index is 0.503. The minimum absolute atomic E-state index is 0.503. The van der Waals surface area contributed by atoms with Crippen molar-refractivity contribution in [3.63, 3.8) is 0 Å². The summed E-state index contributed by atoms with van der Waals surface area (Å²) in [4.78, 5) is 12.9. The Morgan fingerprint density at radius 2 is 2.00 bits per heavy atom. The van der Waals surface area contributed by atoms with Crippen molar-refractivity contribution in [3.05, 3.63) is 29.3 Å². The number of aldehydes is 1. The van der Waals surface area contributed by atoms with E-state index in [2.05, 4.69) is 11.0 Å². The molecular formula is C15H20N2O3. The number of anilines is 1. The molecule has 0 aliphatic carbocycles. The van der Waals surface area contributed by atoms with Gasteiger partial charge in [-0.15, -0.1) is 0 Å². The van der Waals surface area contributed by atoms with Gasteiger partial charge in [0, 0.05) is 39.5 Å². The number of benzene rings is 1. The molecule has 0 heterocycles. The van der Waals surface area contributed by atoms with Crippen LogP contribution in [0.25, 0.3) is 0 Å². The number of rotatable bonds is 9. The van der Waals surface area contributed by atoms with E-state index in [9.17, 15) is 10.1 Å². The molecule has 0 spiro atoms. The number of nitrogens with zero attached hydrogens (tertiary/aromatic N) is 2. The Labute approximate surface area is 119 Å². The van der Waals surface area contributed by atoms with Gasteiger partial charge in [0.25, 0.3) is 0 Å². The van der Waals surface area contributed by atoms with E-state index in [1.807, 2.05) is 6.07 Å². The Bertz CT molecular complexity index is 469. The van der Waals surface area contributed by atoms with Gasteiger partial charge in [-0.3, -0.25) is 4.79 Å². The van der Waals surface area contributed by atoms with Gasteiger partial charge in [0.2, 0.25) is 0 Å². The molecule has 0 bridgehead atoms. The number of ether oxygens (including phenoxy) is 2. The lowest BCUT2D eigenvalue weighted by Gasteiger charge is -2.25. The standard InChI is InChI=1S/C15H20N2O3/c1-19-8-3-6-17(7-9-20-2)15-5-4-13(12-18)10-14(15)11-16/h4-5,10,12H,3,6-9H2,1-2H3. The van der Waals surface area contributed by atoms with Crippen molar-refractivity contribution in [2.24, 2.45) is 0 Å². The van der Waals surface area contributed by atoms with Gasteiger partial charge in [0.05, 0.1) is 17.9 Å². The van der Waals surface area contributed by atoms with E-state index >= 15 is 0 Å². The van der Waals surface area contributed by atoms with E-state index in [0.717, 1.165) is 24.9 Å². The summed E-state index contributed by atoms with van der Waals surface area (Å²) in [5, 5.41) is 9.24. The number of nitriles is 1. The average Bonchev–Trinajstić information content (AvgIpc) is 2.50. The summed E-state index contributed by atoms with van der Waals surface area (Å²) in [7, 11) is 3.31. The molecule has 0 saturated carbocycles. The summed E-state index contributed by atoms with van der Waals surface area (Å²) in [5.41, 5.74) is 1.84. The largest absolute Gasteiger partial charge is 0.385 e. The molecule has 0 aromatic heterocycles. The highest BCUT2D eigenvalue weighted by Crippen LogP contribution is 2.21. The molecule has 0 aliphatic rings. The van der Waals surface area contributed by atoms with Crippen molar-refractivity contribution in [2.45, 2.75) is 6.42 Å². The normalized spacial score (nSPS) is 10.1. The highest BCUT2D eigenvalue weighted by molar-refractivity contribution is 5.78. The number of hydrogen-bond donors (Lipinski definition) is 0. The van der Waals surface area contributed by atoms with Gasteiger partial charge >= 0.3 is 0 Å². The van der Waals surface area contributed by atoms with Crippen LogP contribution in [-0.4, -0.2) is 46.8 Å². The van der Waals surface area contributed by atoms with Crippen molar-refractivity contribution >= 4 is 12.0 Å². The molecule has 20 heavy (non-hydrogen) atoms. The second-order valence-electron chi connectivity index (χ2n) is 4.33. The first-order valence-corrected chi connectivity index (χ1v) is 6.49. The van der Waals surface area contributed by atoms with Crippen LogP contribution in [0.5, 0.6) is 0 Å². The first-order chi connectivity index (χ1) is 9.76. The molecule has 0 aliphatic heterocycles. The molecule has 0 fully saturated rings. The van der Waals surface area contributed by atoms with Gasteiger partial charge in [-0.25, -0.2) is 0 Å². The smallest absolute Gasteiger partial charge is 0.150 e. The maximum absolute atomic E-state index is 10.8. The van der Waals surface area contributed by atoms with Crippen LogP contribution in [0.1, 0.15) is 22.3 Å². The molecule has 0 unspecified atom stereocenters. The summed E-state index contributed by atoms with van der Waals surface area (Å²) >= 11 is 0. The molecule has 1 aromatic carbocycles. The molecule has 0 radical (unpaired) electrons. The highest BCUT2D eigenvalue weighted by Gasteiger charge is 2.11. The quantitative estimate of drug-likeness (QED) is 0.509. The number of hydrogen-bond acceptors (Lipinski definition) is 5. The van der Waals surface area contributed by atoms with Gasteiger partial charge in [0.1, 0.15) is 12.4 Å². The number of methoxy groups -OCH3 is 2. The molecule has 1 rings (SSSR count). The van der Waals surface area contributed by atoms with Crippen LogP contribution < -0.4 is 4.90 Å². The fourth-order valence-electron chi connectivity index (χ4n) is 1.95. The monoisotopic (exact) mass is 276 g/mol. The molecular weight excluding hydrogens is 256 g/mol. The van der Waals surface area contributed by atoms with Gasteiger partial charge in [-0.05, 0) is 24.6 Å². The Kier molecular flexibility index (Phi) is 7.33. The van der Waals surface area contributed by atoms with Gasteiger partial charge in [-0.2, -0.15) is 5.26 Å². The van der Waals surface area contributed by atoms with Crippen LogP contribution in [0, 0.1) is 11.3 Å². The third kappa shape index (κ3) is 4.65.